The van der Waals surface area contributed by atoms with Crippen LogP contribution in [0.4, 0.5) is 0 Å². The Labute approximate surface area is 197 Å². The number of fused-ring (bicyclic) bond motifs is 1. The van der Waals surface area contributed by atoms with E-state index in [2.05, 4.69) is 20.6 Å². The van der Waals surface area contributed by atoms with Crippen molar-refractivity contribution in [3.8, 4) is 5.75 Å². The number of carbonyl (C=O) groups excluding carboxylic acids is 3. The summed E-state index contributed by atoms with van der Waals surface area (Å²) in [6.07, 6.45) is 10.4. The number of ether oxygens (including phenoxy) is 1. The van der Waals surface area contributed by atoms with Gasteiger partial charge in [0.05, 0.1) is 6.10 Å². The van der Waals surface area contributed by atoms with E-state index in [1.165, 1.54) is 19.2 Å². The second-order valence-corrected chi connectivity index (χ2v) is 9.64. The lowest BCUT2D eigenvalue weighted by Gasteiger charge is -2.39. The van der Waals surface area contributed by atoms with Gasteiger partial charge in [-0.1, -0.05) is 0 Å². The molecule has 3 atom stereocenters. The highest BCUT2D eigenvalue weighted by atomic mass is 16.5. The minimum absolute atomic E-state index is 0.00912. The number of piperidine rings is 1. The third-order valence-corrected chi connectivity index (χ3v) is 7.55. The SMILES string of the molecule is O=C1CCC(N2Cc3cc(OC4CCCC4)c(C4NCC4c4cncnc4)cc3C2=O)C(=O)N1. The molecule has 4 aliphatic rings. The van der Waals surface area contributed by atoms with E-state index in [0.29, 0.717) is 18.5 Å². The highest BCUT2D eigenvalue weighted by molar-refractivity contribution is 6.05. The summed E-state index contributed by atoms with van der Waals surface area (Å²) in [5.41, 5.74) is 3.49. The number of nitrogens with zero attached hydrogens (tertiary/aromatic N) is 3. The smallest absolute Gasteiger partial charge is 0.255 e. The Morgan fingerprint density at radius 2 is 1.82 bits per heavy atom. The minimum atomic E-state index is -0.628. The first kappa shape index (κ1) is 21.2. The molecule has 9 nitrogen and oxygen atoms in total. The fourth-order valence-corrected chi connectivity index (χ4v) is 5.63. The van der Waals surface area contributed by atoms with Crippen molar-refractivity contribution in [2.75, 3.05) is 6.54 Å². The highest BCUT2D eigenvalue weighted by Gasteiger charge is 2.42. The van der Waals surface area contributed by atoms with Crippen LogP contribution < -0.4 is 15.4 Å². The van der Waals surface area contributed by atoms with Crippen LogP contribution in [0.15, 0.2) is 30.9 Å². The zero-order valence-corrected chi connectivity index (χ0v) is 18.8. The summed E-state index contributed by atoms with van der Waals surface area (Å²) < 4.78 is 6.50. The van der Waals surface area contributed by atoms with E-state index in [9.17, 15) is 14.4 Å². The summed E-state index contributed by atoms with van der Waals surface area (Å²) in [5, 5.41) is 5.87. The summed E-state index contributed by atoms with van der Waals surface area (Å²) in [5.74, 6) is 0.143. The lowest BCUT2D eigenvalue weighted by molar-refractivity contribution is -0.136. The lowest BCUT2D eigenvalue weighted by Crippen LogP contribution is -2.52. The van der Waals surface area contributed by atoms with Gasteiger partial charge in [-0.2, -0.15) is 0 Å². The van der Waals surface area contributed by atoms with E-state index in [1.807, 2.05) is 24.5 Å². The molecule has 4 heterocycles. The van der Waals surface area contributed by atoms with E-state index >= 15 is 0 Å². The van der Waals surface area contributed by atoms with Crippen molar-refractivity contribution in [2.45, 2.75) is 69.2 Å². The van der Waals surface area contributed by atoms with Crippen LogP contribution in [0, 0.1) is 0 Å². The standard InChI is InChI=1S/C25H27N5O4/c31-22-6-5-20(24(32)29-22)30-12-14-7-21(34-16-3-1-2-4-16)18(8-17(14)25(30)33)23-19(11-28-23)15-9-26-13-27-10-15/h7-10,13,16,19-20,23,28H,1-6,11-12H2,(H,29,31,32). The Balaban J connectivity index is 1.34. The molecule has 3 unspecified atom stereocenters. The van der Waals surface area contributed by atoms with Crippen LogP contribution in [0.3, 0.4) is 0 Å². The number of rotatable bonds is 5. The summed E-state index contributed by atoms with van der Waals surface area (Å²) >= 11 is 0. The van der Waals surface area contributed by atoms with Crippen LogP contribution in [0.1, 0.15) is 77.5 Å². The predicted molar refractivity (Wildman–Crippen MR) is 121 cm³/mol. The van der Waals surface area contributed by atoms with E-state index in [1.54, 1.807) is 4.90 Å². The highest BCUT2D eigenvalue weighted by Crippen LogP contribution is 2.44. The van der Waals surface area contributed by atoms with Crippen molar-refractivity contribution >= 4 is 17.7 Å². The van der Waals surface area contributed by atoms with Gasteiger partial charge in [-0.05, 0) is 55.4 Å². The first-order chi connectivity index (χ1) is 16.6. The summed E-state index contributed by atoms with van der Waals surface area (Å²) in [6, 6.07) is 3.30. The van der Waals surface area contributed by atoms with E-state index < -0.39 is 11.9 Å². The second kappa shape index (κ2) is 8.47. The van der Waals surface area contributed by atoms with Gasteiger partial charge in [-0.3, -0.25) is 19.7 Å². The normalized spacial score (nSPS) is 26.9. The van der Waals surface area contributed by atoms with Gasteiger partial charge in [-0.15, -0.1) is 0 Å². The molecule has 34 heavy (non-hydrogen) atoms. The van der Waals surface area contributed by atoms with Gasteiger partial charge in [0.15, 0.2) is 0 Å². The Morgan fingerprint density at radius 1 is 1.03 bits per heavy atom. The van der Waals surface area contributed by atoms with E-state index in [4.69, 9.17) is 4.74 Å². The zero-order chi connectivity index (χ0) is 23.2. The molecule has 1 aromatic heterocycles. The molecule has 176 valence electrons. The largest absolute Gasteiger partial charge is 0.490 e. The number of nitrogens with one attached hydrogen (secondary N) is 2. The van der Waals surface area contributed by atoms with E-state index in [0.717, 1.165) is 41.8 Å². The topological polar surface area (TPSA) is 114 Å². The fourth-order valence-electron chi connectivity index (χ4n) is 5.63. The molecule has 2 saturated heterocycles. The van der Waals surface area contributed by atoms with Crippen molar-refractivity contribution in [3.05, 3.63) is 53.1 Å². The number of aromatic nitrogens is 2. The molecule has 3 amide bonds. The number of imide groups is 1. The van der Waals surface area contributed by atoms with Crippen molar-refractivity contribution in [1.82, 2.24) is 25.5 Å². The molecule has 2 N–H and O–H groups in total. The number of carbonyl (C=O) groups is 3. The summed E-state index contributed by atoms with van der Waals surface area (Å²) in [6.45, 7) is 1.14. The molecule has 0 bridgehead atoms. The molecule has 3 aliphatic heterocycles. The number of benzene rings is 1. The zero-order valence-electron chi connectivity index (χ0n) is 18.8. The van der Waals surface area contributed by atoms with Gasteiger partial charge >= 0.3 is 0 Å². The van der Waals surface area contributed by atoms with Gasteiger partial charge < -0.3 is 15.0 Å². The minimum Gasteiger partial charge on any atom is -0.490 e. The Bertz CT molecular complexity index is 1150. The maximum Gasteiger partial charge on any atom is 0.255 e. The van der Waals surface area contributed by atoms with Crippen LogP contribution in [0.25, 0.3) is 0 Å². The first-order valence-corrected chi connectivity index (χ1v) is 12.0. The third kappa shape index (κ3) is 3.64. The second-order valence-electron chi connectivity index (χ2n) is 9.64. The van der Waals surface area contributed by atoms with Crippen molar-refractivity contribution in [1.29, 1.82) is 0 Å². The van der Waals surface area contributed by atoms with Crippen LogP contribution in [0.5, 0.6) is 5.75 Å². The van der Waals surface area contributed by atoms with Gasteiger partial charge in [0, 0.05) is 55.0 Å². The molecule has 1 saturated carbocycles. The number of hydrogen-bond acceptors (Lipinski definition) is 7. The van der Waals surface area contributed by atoms with Crippen molar-refractivity contribution < 1.29 is 19.1 Å². The molecule has 3 fully saturated rings. The molecule has 6 rings (SSSR count). The maximum absolute atomic E-state index is 13.4. The van der Waals surface area contributed by atoms with Crippen molar-refractivity contribution in [2.24, 2.45) is 0 Å². The maximum atomic E-state index is 13.4. The lowest BCUT2D eigenvalue weighted by atomic mass is 9.81. The Kier molecular flexibility index (Phi) is 5.28. The Morgan fingerprint density at radius 3 is 2.53 bits per heavy atom. The third-order valence-electron chi connectivity index (χ3n) is 7.55. The number of hydrogen-bond donors (Lipinski definition) is 2. The van der Waals surface area contributed by atoms with Crippen LogP contribution >= 0.6 is 0 Å². The average Bonchev–Trinajstić information content (AvgIpc) is 3.42. The van der Waals surface area contributed by atoms with E-state index in [-0.39, 0.29) is 36.3 Å². The molecule has 2 aromatic rings. The first-order valence-electron chi connectivity index (χ1n) is 12.0. The summed E-state index contributed by atoms with van der Waals surface area (Å²) in [7, 11) is 0. The molecule has 9 heteroatoms. The molecular weight excluding hydrogens is 434 g/mol. The Hall–Kier alpha value is -3.33. The van der Waals surface area contributed by atoms with Crippen LogP contribution in [0.2, 0.25) is 0 Å². The quantitative estimate of drug-likeness (QED) is 0.655. The number of amides is 3. The average molecular weight is 462 g/mol. The molecule has 0 spiro atoms. The molecule has 1 aliphatic carbocycles. The van der Waals surface area contributed by atoms with Gasteiger partial charge in [0.1, 0.15) is 18.1 Å². The van der Waals surface area contributed by atoms with Gasteiger partial charge in [0.2, 0.25) is 11.8 Å². The fraction of sp³-hybridized carbons (Fsp3) is 0.480. The monoisotopic (exact) mass is 461 g/mol. The molecule has 0 radical (unpaired) electrons. The molecular formula is C25H27N5O4. The summed E-state index contributed by atoms with van der Waals surface area (Å²) in [4.78, 5) is 47.4. The predicted octanol–water partition coefficient (Wildman–Crippen LogP) is 1.99. The van der Waals surface area contributed by atoms with Crippen molar-refractivity contribution in [3.63, 3.8) is 0 Å². The van der Waals surface area contributed by atoms with Gasteiger partial charge in [-0.25, -0.2) is 9.97 Å². The van der Waals surface area contributed by atoms with Crippen LogP contribution in [-0.4, -0.2) is 51.3 Å². The molecule has 1 aromatic carbocycles. The van der Waals surface area contributed by atoms with Gasteiger partial charge in [0.25, 0.3) is 5.91 Å². The van der Waals surface area contributed by atoms with Crippen LogP contribution in [-0.2, 0) is 16.1 Å².